The molecule has 3 aliphatic heterocycles. The molecule has 0 bridgehead atoms. The molecule has 1 unspecified atom stereocenters. The summed E-state index contributed by atoms with van der Waals surface area (Å²) in [7, 11) is 4.95. The molecule has 3 aliphatic rings. The number of hydrogen-bond acceptors (Lipinski definition) is 16. The van der Waals surface area contributed by atoms with Crippen LogP contribution in [0.25, 0.3) is 14.9 Å². The molecule has 6 aromatic rings. The normalized spacial score (nSPS) is 17.0. The zero-order valence-corrected chi connectivity index (χ0v) is 52.4. The number of imidazole rings is 3. The number of amides is 3. The Kier molecular flexibility index (Phi) is 31.6. The van der Waals surface area contributed by atoms with Crippen molar-refractivity contribution in [1.82, 2.24) is 58.9 Å². The zero-order valence-electron chi connectivity index (χ0n) is 42.1. The first-order valence-corrected chi connectivity index (χ1v) is 38.5. The number of likely N-dealkylation sites (tertiary alicyclic amines) is 2. The van der Waals surface area contributed by atoms with Crippen LogP contribution in [0.1, 0.15) is 143 Å². The van der Waals surface area contributed by atoms with Crippen molar-refractivity contribution in [2.24, 2.45) is 17.8 Å². The Morgan fingerprint density at radius 3 is 1.27 bits per heavy atom. The second kappa shape index (κ2) is 34.3. The number of methoxy groups -OCH3 is 3. The van der Waals surface area contributed by atoms with Crippen molar-refractivity contribution < 1.29 is 65.5 Å². The fourth-order valence-electron chi connectivity index (χ4n) is 8.74. The van der Waals surface area contributed by atoms with Crippen molar-refractivity contribution in [3.05, 3.63) is 49.2 Å². The van der Waals surface area contributed by atoms with Gasteiger partial charge in [0.05, 0.1) is 73.7 Å². The number of nitrogens with zero attached hydrogens (tertiary/aromatic N) is 11. The Morgan fingerprint density at radius 2 is 0.959 bits per heavy atom. The average Bonchev–Trinajstić information content (AvgIpc) is 4.21. The van der Waals surface area contributed by atoms with Gasteiger partial charge in [0.25, 0.3) is 0 Å². The third kappa shape index (κ3) is 19.0. The molecular weight excluding hydrogens is 1370 g/mol. The van der Waals surface area contributed by atoms with Gasteiger partial charge in [-0.25, -0.2) is 28.5 Å². The Balaban J connectivity index is 0.000000337. The molecule has 26 heteroatoms. The van der Waals surface area contributed by atoms with Gasteiger partial charge in [-0.15, -0.1) is 0 Å². The first-order valence-electron chi connectivity index (χ1n) is 23.5. The maximum absolute atomic E-state index is 12.2. The number of hydrogen-bond donors (Lipinski definition) is 2. The number of aliphatic hydroxyl groups excluding tert-OH is 1. The van der Waals surface area contributed by atoms with Crippen LogP contribution in [0, 0.1) is 38.5 Å². The number of rotatable bonds is 17. The van der Waals surface area contributed by atoms with Gasteiger partial charge in [-0.1, -0.05) is 88.9 Å². The van der Waals surface area contributed by atoms with Crippen LogP contribution < -0.4 is 18.6 Å². The summed E-state index contributed by atoms with van der Waals surface area (Å²) in [4.78, 5) is 54.9. The standard InChI is InChI=1S/2C15H22N4O2S.C8H11N3O2S.C7H13NO.2CH4.I3.V/c2*1-4-5-11-6-14(20)18(7-11)8-12-10(2)16-15-19(12)17-13(22-15)9-21-3;1-5-6(3-12)11-8(9-5)14-7(10-11)4-13-2;1-2-3-6-4-7(9)8-5-6;;;1-3-2;/h2*11H,4-9H2,1-3H3;12H,3-4H2,1-2H3;6H,2-5H2,1H3,(H,8,9);2*1H4;;/q;;;;;;-1;/t2*11-;;;;;;/m10....../s1. The van der Waals surface area contributed by atoms with E-state index in [1.165, 1.54) is 46.9 Å². The minimum atomic E-state index is -0.0385. The quantitative estimate of drug-likeness (QED) is 0.0938. The molecular formula is C47H76I3N12O7S3V-. The van der Waals surface area contributed by atoms with Gasteiger partial charge in [0, 0.05) is 78.8 Å². The van der Waals surface area contributed by atoms with E-state index in [0.29, 0.717) is 76.8 Å². The minimum Gasteiger partial charge on any atom is 0 e. The van der Waals surface area contributed by atoms with Gasteiger partial charge < -0.3 is 34.4 Å². The molecule has 73 heavy (non-hydrogen) atoms. The molecule has 3 saturated heterocycles. The Bertz CT molecular complexity index is 2490. The third-order valence-electron chi connectivity index (χ3n) is 12.0. The topological polar surface area (TPSA) is 208 Å². The first-order chi connectivity index (χ1) is 33.7. The number of fused-ring (bicyclic) bond motifs is 3. The number of aliphatic hydroxyl groups is 1. The second-order valence-corrected chi connectivity index (χ2v) is 36.8. The van der Waals surface area contributed by atoms with Gasteiger partial charge in [0.15, 0.2) is 0 Å². The molecule has 0 spiro atoms. The number of aryl methyl sites for hydroxylation is 3. The van der Waals surface area contributed by atoms with E-state index in [9.17, 15) is 14.4 Å². The molecule has 3 amide bonds. The number of aromatic nitrogens is 9. The van der Waals surface area contributed by atoms with Crippen LogP contribution >= 0.6 is 71.2 Å². The molecule has 411 valence electrons. The zero-order chi connectivity index (χ0) is 50.9. The second-order valence-electron chi connectivity index (χ2n) is 17.4. The molecule has 2 N–H and O–H groups in total. The Morgan fingerprint density at radius 1 is 0.616 bits per heavy atom. The first kappa shape index (κ1) is 67.4. The van der Waals surface area contributed by atoms with E-state index in [1.807, 2.05) is 39.6 Å². The van der Waals surface area contributed by atoms with Gasteiger partial charge in [-0.05, 0) is 57.8 Å². The molecule has 9 rings (SSSR count). The molecule has 3 atom stereocenters. The predicted molar refractivity (Wildman–Crippen MR) is 299 cm³/mol. The summed E-state index contributed by atoms with van der Waals surface area (Å²) in [6, 6.07) is 0. The van der Waals surface area contributed by atoms with Crippen LogP contribution in [-0.2, 0) is 86.7 Å². The van der Waals surface area contributed by atoms with E-state index in [1.54, 1.807) is 25.8 Å². The van der Waals surface area contributed by atoms with Gasteiger partial charge in [0.2, 0.25) is 32.6 Å². The largest absolute Gasteiger partial charge is 0 e. The fourth-order valence-corrected chi connectivity index (χ4v) is 11.5. The third-order valence-corrected chi connectivity index (χ3v) is 14.6. The van der Waals surface area contributed by atoms with E-state index in [-0.39, 0.29) is 57.7 Å². The fraction of sp³-hybridized carbons (Fsp3) is 0.681. The Hall–Kier alpha value is -1.68. The van der Waals surface area contributed by atoms with Crippen LogP contribution in [0.15, 0.2) is 0 Å². The molecule has 3 fully saturated rings. The van der Waals surface area contributed by atoms with Crippen molar-refractivity contribution in [1.29, 1.82) is 0 Å². The SMILES string of the molecule is C.C.CCCC1CNC(=O)C1.CCC[C@@H]1CC(=O)N(Cc2c(C)nc3sc(COC)nn23)C1.CCC[C@H]1CC(=O)N(Cc2c(C)nc3sc(COC)nn23)C1.COCc1nn2c(CO)c(C)nc2s1.I[I-]I.[V]. The number of ether oxygens (including phenoxy) is 3. The van der Waals surface area contributed by atoms with Gasteiger partial charge in [-0.3, -0.25) is 14.4 Å². The molecule has 19 nitrogen and oxygen atoms in total. The smallest absolute Gasteiger partial charge is 0 e. The molecule has 0 aliphatic carbocycles. The molecule has 9 heterocycles. The van der Waals surface area contributed by atoms with Crippen LogP contribution in [0.2, 0.25) is 0 Å². The maximum atomic E-state index is 12.2. The van der Waals surface area contributed by atoms with E-state index < -0.39 is 0 Å². The van der Waals surface area contributed by atoms with E-state index in [4.69, 9.17) is 19.3 Å². The number of carbonyl (C=O) groups is 3. The number of nitrogens with one attached hydrogen (secondary N) is 1. The summed E-state index contributed by atoms with van der Waals surface area (Å²) in [5.41, 5.74) is 5.51. The van der Waals surface area contributed by atoms with Crippen molar-refractivity contribution in [2.75, 3.05) is 41.0 Å². The summed E-state index contributed by atoms with van der Waals surface area (Å²) in [5.74, 6) is 2.36. The van der Waals surface area contributed by atoms with Gasteiger partial charge in [-0.2, -0.15) is 15.3 Å². The number of halogens is 3. The monoisotopic (exact) mass is 1450 g/mol. The molecule has 0 saturated carbocycles. The van der Waals surface area contributed by atoms with Crippen LogP contribution in [0.4, 0.5) is 0 Å². The summed E-state index contributed by atoms with van der Waals surface area (Å²) >= 11 is 9.85. The molecule has 6 aromatic heterocycles. The van der Waals surface area contributed by atoms with Crippen LogP contribution in [0.5, 0.6) is 0 Å². The van der Waals surface area contributed by atoms with Crippen molar-refractivity contribution in [3.8, 4) is 0 Å². The van der Waals surface area contributed by atoms with E-state index in [2.05, 4.69) is 93.6 Å². The summed E-state index contributed by atoms with van der Waals surface area (Å²) in [6.45, 7) is 17.6. The van der Waals surface area contributed by atoms with Gasteiger partial charge in [0.1, 0.15) is 15.0 Å². The maximum Gasteiger partial charge on any atom is 0 e. The van der Waals surface area contributed by atoms with Gasteiger partial charge >= 0.3 is 50.5 Å². The Labute approximate surface area is 485 Å². The van der Waals surface area contributed by atoms with E-state index in [0.717, 1.165) is 116 Å². The van der Waals surface area contributed by atoms with Crippen molar-refractivity contribution in [2.45, 2.75) is 154 Å². The average molecular weight is 1450 g/mol. The van der Waals surface area contributed by atoms with Crippen molar-refractivity contribution >= 4 is 104 Å². The van der Waals surface area contributed by atoms with Crippen LogP contribution in [0.3, 0.4) is 0 Å². The van der Waals surface area contributed by atoms with E-state index >= 15 is 0 Å². The van der Waals surface area contributed by atoms with Crippen molar-refractivity contribution in [3.63, 3.8) is 0 Å². The van der Waals surface area contributed by atoms with Crippen LogP contribution in [-0.4, -0.2) is 117 Å². The summed E-state index contributed by atoms with van der Waals surface area (Å²) in [6.07, 6.45) is 9.02. The minimum absolute atomic E-state index is 0. The predicted octanol–water partition coefficient (Wildman–Crippen LogP) is 6.49. The summed E-state index contributed by atoms with van der Waals surface area (Å²) < 4.78 is 20.7. The number of carbonyl (C=O) groups excluding carboxylic acids is 3. The summed E-state index contributed by atoms with van der Waals surface area (Å²) in [5, 5.41) is 28.0. The molecule has 1 radical (unpaired) electrons. The molecule has 0 aromatic carbocycles.